The van der Waals surface area contributed by atoms with Crippen LogP contribution in [0, 0.1) is 0 Å². The number of anilines is 2. The molecule has 0 saturated heterocycles. The Bertz CT molecular complexity index is 852. The second-order valence-corrected chi connectivity index (χ2v) is 5.73. The molecule has 4 rings (SSSR count). The number of para-hydroxylation sites is 2. The van der Waals surface area contributed by atoms with E-state index in [-0.39, 0.29) is 12.1 Å². The van der Waals surface area contributed by atoms with Crippen molar-refractivity contribution in [3.05, 3.63) is 60.3 Å². The van der Waals surface area contributed by atoms with E-state index in [1.54, 1.807) is 0 Å². The summed E-state index contributed by atoms with van der Waals surface area (Å²) in [4.78, 5) is 17.8. The third kappa shape index (κ3) is 1.96. The zero-order valence-corrected chi connectivity index (χ0v) is 12.3. The minimum absolute atomic E-state index is 0.0813. The molecule has 2 aromatic carbocycles. The van der Waals surface area contributed by atoms with Gasteiger partial charge in [0.1, 0.15) is 0 Å². The average Bonchev–Trinajstić information content (AvgIpc) is 3.07. The number of hydrogen-bond donors (Lipinski definition) is 2. The van der Waals surface area contributed by atoms with Crippen LogP contribution < -0.4 is 10.2 Å². The molecule has 22 heavy (non-hydrogen) atoms. The van der Waals surface area contributed by atoms with Gasteiger partial charge < -0.3 is 10.3 Å². The van der Waals surface area contributed by atoms with E-state index in [2.05, 4.69) is 23.3 Å². The molecule has 1 aliphatic rings. The standard InChI is InChI=1S/C18H17N3O/c1-12-10-13-6-2-5-9-17(13)21(12)18(22)20-16-11-19-15-8-4-3-7-14(15)16/h2-9,11-12,19H,10H2,1H3,(H,20,22). The van der Waals surface area contributed by atoms with E-state index in [0.29, 0.717) is 0 Å². The summed E-state index contributed by atoms with van der Waals surface area (Å²) < 4.78 is 0. The number of carbonyl (C=O) groups is 1. The predicted octanol–water partition coefficient (Wildman–Crippen LogP) is 4.15. The van der Waals surface area contributed by atoms with Crippen LogP contribution in [0.5, 0.6) is 0 Å². The number of H-pyrrole nitrogens is 1. The number of nitrogens with zero attached hydrogens (tertiary/aromatic N) is 1. The lowest BCUT2D eigenvalue weighted by atomic mass is 10.1. The van der Waals surface area contributed by atoms with Crippen molar-refractivity contribution in [2.24, 2.45) is 0 Å². The molecule has 0 fully saturated rings. The van der Waals surface area contributed by atoms with Gasteiger partial charge in [-0.15, -0.1) is 0 Å². The lowest BCUT2D eigenvalue weighted by molar-refractivity contribution is 0.256. The first-order valence-corrected chi connectivity index (χ1v) is 7.48. The second kappa shape index (κ2) is 4.91. The quantitative estimate of drug-likeness (QED) is 0.695. The van der Waals surface area contributed by atoms with Crippen LogP contribution in [0.1, 0.15) is 12.5 Å². The Balaban J connectivity index is 1.65. The number of amides is 2. The Labute approximate surface area is 128 Å². The van der Waals surface area contributed by atoms with Gasteiger partial charge in [-0.25, -0.2) is 4.79 Å². The molecule has 4 heteroatoms. The van der Waals surface area contributed by atoms with Gasteiger partial charge >= 0.3 is 6.03 Å². The third-order valence-electron chi connectivity index (χ3n) is 4.26. The average molecular weight is 291 g/mol. The molecule has 0 saturated carbocycles. The molecule has 110 valence electrons. The summed E-state index contributed by atoms with van der Waals surface area (Å²) >= 11 is 0. The maximum Gasteiger partial charge on any atom is 0.326 e. The lowest BCUT2D eigenvalue weighted by Gasteiger charge is -2.22. The SMILES string of the molecule is CC1Cc2ccccc2N1C(=O)Nc1c[nH]c2ccccc12. The predicted molar refractivity (Wildman–Crippen MR) is 89.4 cm³/mol. The Morgan fingerprint density at radius 3 is 2.86 bits per heavy atom. The van der Waals surface area contributed by atoms with Gasteiger partial charge in [-0.05, 0) is 31.0 Å². The highest BCUT2D eigenvalue weighted by Crippen LogP contribution is 2.33. The summed E-state index contributed by atoms with van der Waals surface area (Å²) in [5, 5.41) is 4.06. The van der Waals surface area contributed by atoms with Gasteiger partial charge in [0.15, 0.2) is 0 Å². The van der Waals surface area contributed by atoms with E-state index in [1.807, 2.05) is 53.6 Å². The molecule has 3 aromatic rings. The number of nitrogens with one attached hydrogen (secondary N) is 2. The molecule has 1 atom stereocenters. The minimum Gasteiger partial charge on any atom is -0.359 e. The maximum absolute atomic E-state index is 12.7. The lowest BCUT2D eigenvalue weighted by Crippen LogP contribution is -2.39. The minimum atomic E-state index is -0.0813. The van der Waals surface area contributed by atoms with Gasteiger partial charge in [0.2, 0.25) is 0 Å². The van der Waals surface area contributed by atoms with Crippen LogP contribution >= 0.6 is 0 Å². The Morgan fingerprint density at radius 1 is 1.18 bits per heavy atom. The topological polar surface area (TPSA) is 48.1 Å². The number of aromatic amines is 1. The van der Waals surface area contributed by atoms with Crippen molar-refractivity contribution in [2.45, 2.75) is 19.4 Å². The van der Waals surface area contributed by atoms with Crippen LogP contribution in [-0.4, -0.2) is 17.1 Å². The molecule has 0 aliphatic carbocycles. The summed E-state index contributed by atoms with van der Waals surface area (Å²) in [5.74, 6) is 0. The van der Waals surface area contributed by atoms with Crippen LogP contribution in [-0.2, 0) is 6.42 Å². The molecule has 2 heterocycles. The fourth-order valence-corrected chi connectivity index (χ4v) is 3.23. The summed E-state index contributed by atoms with van der Waals surface area (Å²) in [6.07, 6.45) is 2.74. The van der Waals surface area contributed by atoms with Crippen LogP contribution in [0.15, 0.2) is 54.7 Å². The highest BCUT2D eigenvalue weighted by atomic mass is 16.2. The molecule has 1 unspecified atom stereocenters. The van der Waals surface area contributed by atoms with Gasteiger partial charge in [0.05, 0.1) is 5.69 Å². The van der Waals surface area contributed by atoms with Crippen molar-refractivity contribution >= 4 is 28.3 Å². The number of rotatable bonds is 1. The van der Waals surface area contributed by atoms with Crippen LogP contribution in [0.3, 0.4) is 0 Å². The fourth-order valence-electron chi connectivity index (χ4n) is 3.23. The Kier molecular flexibility index (Phi) is 2.89. The van der Waals surface area contributed by atoms with Gasteiger partial charge in [-0.3, -0.25) is 4.90 Å². The number of carbonyl (C=O) groups excluding carboxylic acids is 1. The normalized spacial score (nSPS) is 16.8. The molecule has 0 spiro atoms. The monoisotopic (exact) mass is 291 g/mol. The Morgan fingerprint density at radius 2 is 1.95 bits per heavy atom. The molecule has 0 bridgehead atoms. The second-order valence-electron chi connectivity index (χ2n) is 5.73. The summed E-state index contributed by atoms with van der Waals surface area (Å²) in [7, 11) is 0. The maximum atomic E-state index is 12.7. The van der Waals surface area contributed by atoms with Gasteiger partial charge in [-0.1, -0.05) is 36.4 Å². The molecule has 1 aromatic heterocycles. The van der Waals surface area contributed by atoms with E-state index in [0.717, 1.165) is 28.7 Å². The van der Waals surface area contributed by atoms with E-state index < -0.39 is 0 Å². The number of urea groups is 1. The highest BCUT2D eigenvalue weighted by Gasteiger charge is 2.30. The fraction of sp³-hybridized carbons (Fsp3) is 0.167. The zero-order valence-electron chi connectivity index (χ0n) is 12.3. The van der Waals surface area contributed by atoms with Crippen molar-refractivity contribution < 1.29 is 4.79 Å². The van der Waals surface area contributed by atoms with Gasteiger partial charge in [0.25, 0.3) is 0 Å². The summed E-state index contributed by atoms with van der Waals surface area (Å²) in [6, 6.07) is 16.1. The van der Waals surface area contributed by atoms with Crippen molar-refractivity contribution in [3.8, 4) is 0 Å². The van der Waals surface area contributed by atoms with E-state index in [9.17, 15) is 4.79 Å². The first-order valence-electron chi connectivity index (χ1n) is 7.48. The zero-order chi connectivity index (χ0) is 15.1. The number of fused-ring (bicyclic) bond motifs is 2. The molecular formula is C18H17N3O. The van der Waals surface area contributed by atoms with E-state index >= 15 is 0 Å². The summed E-state index contributed by atoms with van der Waals surface area (Å²) in [6.45, 7) is 2.08. The van der Waals surface area contributed by atoms with Crippen molar-refractivity contribution in [1.82, 2.24) is 4.98 Å². The molecular weight excluding hydrogens is 274 g/mol. The highest BCUT2D eigenvalue weighted by molar-refractivity contribution is 6.08. The number of hydrogen-bond acceptors (Lipinski definition) is 1. The molecule has 0 radical (unpaired) electrons. The van der Waals surface area contributed by atoms with Crippen molar-refractivity contribution in [1.29, 1.82) is 0 Å². The molecule has 1 aliphatic heterocycles. The van der Waals surface area contributed by atoms with Gasteiger partial charge in [-0.2, -0.15) is 0 Å². The van der Waals surface area contributed by atoms with Crippen molar-refractivity contribution in [2.75, 3.05) is 10.2 Å². The first kappa shape index (κ1) is 13.0. The van der Waals surface area contributed by atoms with Gasteiger partial charge in [0, 0.05) is 28.8 Å². The number of benzene rings is 2. The summed E-state index contributed by atoms with van der Waals surface area (Å²) in [5.41, 5.74) is 4.07. The van der Waals surface area contributed by atoms with Crippen molar-refractivity contribution in [3.63, 3.8) is 0 Å². The largest absolute Gasteiger partial charge is 0.359 e. The molecule has 4 nitrogen and oxygen atoms in total. The van der Waals surface area contributed by atoms with E-state index in [4.69, 9.17) is 0 Å². The third-order valence-corrected chi connectivity index (χ3v) is 4.26. The van der Waals surface area contributed by atoms with Crippen LogP contribution in [0.4, 0.5) is 16.2 Å². The Hall–Kier alpha value is -2.75. The molecule has 2 N–H and O–H groups in total. The smallest absolute Gasteiger partial charge is 0.326 e. The van der Waals surface area contributed by atoms with E-state index in [1.165, 1.54) is 5.56 Å². The first-order chi connectivity index (χ1) is 10.7. The van der Waals surface area contributed by atoms with Crippen LogP contribution in [0.25, 0.3) is 10.9 Å². The molecule has 2 amide bonds. The number of aromatic nitrogens is 1. The van der Waals surface area contributed by atoms with Crippen LogP contribution in [0.2, 0.25) is 0 Å².